The Hall–Kier alpha value is -0.670. The number of rotatable bonds is 7. The van der Waals surface area contributed by atoms with E-state index in [0.29, 0.717) is 11.8 Å². The predicted molar refractivity (Wildman–Crippen MR) is 50.1 cm³/mol. The van der Waals surface area contributed by atoms with Crippen molar-refractivity contribution in [3.8, 4) is 0 Å². The Morgan fingerprint density at radius 1 is 1.06 bits per heavy atom. The van der Waals surface area contributed by atoms with E-state index in [1.54, 1.807) is 0 Å². The van der Waals surface area contributed by atoms with E-state index < -0.39 is 42.6 Å². The van der Waals surface area contributed by atoms with Crippen LogP contribution in [0.15, 0.2) is 0 Å². The summed E-state index contributed by atoms with van der Waals surface area (Å²) < 4.78 is 85.2. The minimum Gasteiger partial charge on any atom is -0.481 e. The standard InChI is InChI=1S/C8H9F7O2S/c9-6(10,7(11,12)8(13,14)15)2-1-3-18-4-5(16)17/h1-4H2,(H,16,17). The van der Waals surface area contributed by atoms with Gasteiger partial charge in [0.1, 0.15) is 0 Å². The molecule has 0 saturated heterocycles. The second-order valence-corrected chi connectivity index (χ2v) is 4.43. The quantitative estimate of drug-likeness (QED) is 0.578. The molecule has 0 bridgehead atoms. The van der Waals surface area contributed by atoms with E-state index in [2.05, 4.69) is 0 Å². The van der Waals surface area contributed by atoms with Crippen molar-refractivity contribution < 1.29 is 40.6 Å². The van der Waals surface area contributed by atoms with Crippen LogP contribution in [-0.2, 0) is 4.79 Å². The molecule has 0 spiro atoms. The summed E-state index contributed by atoms with van der Waals surface area (Å²) in [6.07, 6.45) is -8.62. The van der Waals surface area contributed by atoms with Crippen LogP contribution in [0, 0.1) is 0 Å². The first-order valence-electron chi connectivity index (χ1n) is 4.54. The summed E-state index contributed by atoms with van der Waals surface area (Å²) >= 11 is 0.661. The fourth-order valence-corrected chi connectivity index (χ4v) is 1.59. The van der Waals surface area contributed by atoms with Gasteiger partial charge in [-0.3, -0.25) is 4.79 Å². The topological polar surface area (TPSA) is 37.3 Å². The molecule has 0 aliphatic carbocycles. The zero-order chi connectivity index (χ0) is 14.6. The number of carboxylic acids is 1. The largest absolute Gasteiger partial charge is 0.481 e. The van der Waals surface area contributed by atoms with Gasteiger partial charge in [-0.2, -0.15) is 42.5 Å². The molecule has 1 N–H and O–H groups in total. The van der Waals surface area contributed by atoms with Gasteiger partial charge < -0.3 is 5.11 Å². The van der Waals surface area contributed by atoms with Crippen molar-refractivity contribution in [3.63, 3.8) is 0 Å². The molecule has 0 aromatic carbocycles. The summed E-state index contributed by atoms with van der Waals surface area (Å²) in [5, 5.41) is 8.17. The van der Waals surface area contributed by atoms with Gasteiger partial charge in [-0.25, -0.2) is 0 Å². The van der Waals surface area contributed by atoms with Crippen molar-refractivity contribution in [1.82, 2.24) is 0 Å². The third-order valence-corrected chi connectivity index (χ3v) is 2.85. The van der Waals surface area contributed by atoms with Gasteiger partial charge >= 0.3 is 24.0 Å². The summed E-state index contributed by atoms with van der Waals surface area (Å²) in [4.78, 5) is 10.0. The molecule has 0 saturated carbocycles. The summed E-state index contributed by atoms with van der Waals surface area (Å²) in [5.74, 6) is -13.2. The molecule has 0 aliphatic rings. The number of carbonyl (C=O) groups is 1. The lowest BCUT2D eigenvalue weighted by Gasteiger charge is -2.28. The fraction of sp³-hybridized carbons (Fsp3) is 0.875. The first-order chi connectivity index (χ1) is 7.92. The van der Waals surface area contributed by atoms with Crippen LogP contribution in [0.3, 0.4) is 0 Å². The van der Waals surface area contributed by atoms with E-state index in [0.717, 1.165) is 0 Å². The van der Waals surface area contributed by atoms with Gasteiger partial charge in [0, 0.05) is 6.42 Å². The second kappa shape index (κ2) is 5.98. The lowest BCUT2D eigenvalue weighted by Crippen LogP contribution is -2.51. The molecule has 0 aromatic heterocycles. The molecule has 0 atom stereocenters. The monoisotopic (exact) mass is 302 g/mol. The highest BCUT2D eigenvalue weighted by molar-refractivity contribution is 7.99. The zero-order valence-corrected chi connectivity index (χ0v) is 9.55. The van der Waals surface area contributed by atoms with Crippen molar-refractivity contribution in [2.24, 2.45) is 0 Å². The minimum absolute atomic E-state index is 0.240. The molecule has 0 aliphatic heterocycles. The highest BCUT2D eigenvalue weighted by atomic mass is 32.2. The Labute approximate surface area is 102 Å². The van der Waals surface area contributed by atoms with Crippen LogP contribution >= 0.6 is 11.8 Å². The smallest absolute Gasteiger partial charge is 0.459 e. The number of hydrogen-bond donors (Lipinski definition) is 1. The lowest BCUT2D eigenvalue weighted by atomic mass is 10.1. The number of carboxylic acid groups (broad SMARTS) is 1. The predicted octanol–water partition coefficient (Wildman–Crippen LogP) is 3.42. The van der Waals surface area contributed by atoms with Gasteiger partial charge in [-0.05, 0) is 12.2 Å². The Morgan fingerprint density at radius 2 is 1.56 bits per heavy atom. The molecule has 0 unspecified atom stereocenters. The van der Waals surface area contributed by atoms with Gasteiger partial charge in [-0.15, -0.1) is 0 Å². The van der Waals surface area contributed by atoms with E-state index >= 15 is 0 Å². The van der Waals surface area contributed by atoms with Gasteiger partial charge in [0.2, 0.25) is 0 Å². The molecule has 0 rings (SSSR count). The first kappa shape index (κ1) is 17.3. The summed E-state index contributed by atoms with van der Waals surface area (Å²) in [6.45, 7) is 0. The zero-order valence-electron chi connectivity index (χ0n) is 8.74. The molecule has 0 amide bonds. The Balaban J connectivity index is 4.27. The van der Waals surface area contributed by atoms with E-state index in [4.69, 9.17) is 5.11 Å². The average molecular weight is 302 g/mol. The lowest BCUT2D eigenvalue weighted by molar-refractivity contribution is -0.355. The van der Waals surface area contributed by atoms with Crippen LogP contribution in [0.5, 0.6) is 0 Å². The van der Waals surface area contributed by atoms with Crippen molar-refractivity contribution >= 4 is 17.7 Å². The van der Waals surface area contributed by atoms with Gasteiger partial charge in [0.15, 0.2) is 0 Å². The summed E-state index contributed by atoms with van der Waals surface area (Å²) in [7, 11) is 0. The normalized spacial score (nSPS) is 13.7. The molecular weight excluding hydrogens is 293 g/mol. The maximum atomic E-state index is 12.7. The second-order valence-electron chi connectivity index (χ2n) is 3.33. The fourth-order valence-electron chi connectivity index (χ4n) is 0.920. The Bertz CT molecular complexity index is 290. The first-order valence-corrected chi connectivity index (χ1v) is 5.69. The van der Waals surface area contributed by atoms with Gasteiger partial charge in [0.05, 0.1) is 5.75 Å². The number of aliphatic carboxylic acids is 1. The SMILES string of the molecule is O=C(O)CSCCCC(F)(F)C(F)(F)C(F)(F)F. The van der Waals surface area contributed by atoms with Gasteiger partial charge in [0.25, 0.3) is 0 Å². The number of alkyl halides is 7. The van der Waals surface area contributed by atoms with E-state index in [-0.39, 0.29) is 5.75 Å². The number of thioether (sulfide) groups is 1. The Kier molecular flexibility index (Phi) is 5.76. The Morgan fingerprint density at radius 3 is 1.94 bits per heavy atom. The maximum Gasteiger partial charge on any atom is 0.459 e. The van der Waals surface area contributed by atoms with Crippen LogP contribution in [0.2, 0.25) is 0 Å². The average Bonchev–Trinajstić information content (AvgIpc) is 2.14. The van der Waals surface area contributed by atoms with Crippen LogP contribution in [0.4, 0.5) is 30.7 Å². The molecule has 0 radical (unpaired) electrons. The van der Waals surface area contributed by atoms with E-state index in [1.165, 1.54) is 0 Å². The van der Waals surface area contributed by atoms with Crippen LogP contribution in [-0.4, -0.2) is 40.6 Å². The van der Waals surface area contributed by atoms with Crippen molar-refractivity contribution in [2.75, 3.05) is 11.5 Å². The molecule has 0 heterocycles. The molecule has 108 valence electrons. The minimum atomic E-state index is -6.31. The van der Waals surface area contributed by atoms with Gasteiger partial charge in [-0.1, -0.05) is 0 Å². The highest BCUT2D eigenvalue weighted by Crippen LogP contribution is 2.48. The van der Waals surface area contributed by atoms with Crippen molar-refractivity contribution in [3.05, 3.63) is 0 Å². The van der Waals surface area contributed by atoms with Crippen LogP contribution < -0.4 is 0 Å². The summed E-state index contributed by atoms with van der Waals surface area (Å²) in [5.41, 5.74) is 0. The molecule has 2 nitrogen and oxygen atoms in total. The third kappa shape index (κ3) is 4.54. The molecular formula is C8H9F7O2S. The van der Waals surface area contributed by atoms with Crippen LogP contribution in [0.1, 0.15) is 12.8 Å². The van der Waals surface area contributed by atoms with Crippen LogP contribution in [0.25, 0.3) is 0 Å². The number of halogens is 7. The molecule has 18 heavy (non-hydrogen) atoms. The van der Waals surface area contributed by atoms with Crippen molar-refractivity contribution in [1.29, 1.82) is 0 Å². The number of hydrogen-bond acceptors (Lipinski definition) is 2. The molecule has 0 aromatic rings. The third-order valence-electron chi connectivity index (χ3n) is 1.82. The van der Waals surface area contributed by atoms with E-state index in [1.807, 2.05) is 0 Å². The highest BCUT2D eigenvalue weighted by Gasteiger charge is 2.72. The summed E-state index contributed by atoms with van der Waals surface area (Å²) in [6, 6.07) is 0. The maximum absolute atomic E-state index is 12.7. The molecule has 0 fully saturated rings. The van der Waals surface area contributed by atoms with E-state index in [9.17, 15) is 35.5 Å². The van der Waals surface area contributed by atoms with Crippen molar-refractivity contribution in [2.45, 2.75) is 30.9 Å². The molecule has 10 heteroatoms.